The Morgan fingerprint density at radius 1 is 1.05 bits per heavy atom. The predicted molar refractivity (Wildman–Crippen MR) is 72.7 cm³/mol. The second kappa shape index (κ2) is 5.55. The summed E-state index contributed by atoms with van der Waals surface area (Å²) in [5, 5.41) is 19.8. The van der Waals surface area contributed by atoms with Crippen molar-refractivity contribution in [3.63, 3.8) is 0 Å². The highest BCUT2D eigenvalue weighted by Crippen LogP contribution is 2.33. The lowest BCUT2D eigenvalue weighted by Gasteiger charge is -2.26. The highest BCUT2D eigenvalue weighted by atomic mass is 16.5. The van der Waals surface area contributed by atoms with Crippen molar-refractivity contribution in [3.05, 3.63) is 65.7 Å². The summed E-state index contributed by atoms with van der Waals surface area (Å²) in [6, 6.07) is 18.4. The van der Waals surface area contributed by atoms with Gasteiger partial charge in [0.25, 0.3) is 0 Å². The lowest BCUT2D eigenvalue weighted by molar-refractivity contribution is 0.0859. The number of methoxy groups -OCH3 is 1. The fourth-order valence-electron chi connectivity index (χ4n) is 2.07. The molecule has 0 bridgehead atoms. The summed E-state index contributed by atoms with van der Waals surface area (Å²) in [7, 11) is 1.59. The fraction of sp³-hybridized carbons (Fsp3) is 0.188. The Morgan fingerprint density at radius 3 is 2.16 bits per heavy atom. The van der Waals surface area contributed by atoms with Crippen LogP contribution in [0.25, 0.3) is 0 Å². The summed E-state index contributed by atoms with van der Waals surface area (Å²) >= 11 is 0. The summed E-state index contributed by atoms with van der Waals surface area (Å²) in [5.74, 6) is 0.719. The molecular weight excluding hydrogens is 238 g/mol. The van der Waals surface area contributed by atoms with Gasteiger partial charge in [-0.05, 0) is 23.3 Å². The van der Waals surface area contributed by atoms with Gasteiger partial charge in [0, 0.05) is 0 Å². The van der Waals surface area contributed by atoms with E-state index in [2.05, 4.69) is 6.07 Å². The fourth-order valence-corrected chi connectivity index (χ4v) is 2.07. The van der Waals surface area contributed by atoms with Crippen LogP contribution >= 0.6 is 0 Å². The Labute approximate surface area is 112 Å². The maximum Gasteiger partial charge on any atom is 0.128 e. The van der Waals surface area contributed by atoms with E-state index >= 15 is 0 Å². The maximum absolute atomic E-state index is 10.9. The van der Waals surface area contributed by atoms with Crippen LogP contribution in [0, 0.1) is 11.3 Å². The topological polar surface area (TPSA) is 53.2 Å². The molecule has 3 nitrogen and oxygen atoms in total. The van der Waals surface area contributed by atoms with E-state index < -0.39 is 5.60 Å². The van der Waals surface area contributed by atoms with Gasteiger partial charge in [-0.1, -0.05) is 42.5 Å². The van der Waals surface area contributed by atoms with Crippen LogP contribution in [0.4, 0.5) is 0 Å². The van der Waals surface area contributed by atoms with Crippen molar-refractivity contribution in [1.82, 2.24) is 0 Å². The summed E-state index contributed by atoms with van der Waals surface area (Å²) in [4.78, 5) is 0. The van der Waals surface area contributed by atoms with E-state index in [1.165, 1.54) is 0 Å². The monoisotopic (exact) mass is 253 g/mol. The Morgan fingerprint density at radius 2 is 1.63 bits per heavy atom. The second-order valence-electron chi connectivity index (χ2n) is 4.29. The van der Waals surface area contributed by atoms with E-state index in [0.717, 1.165) is 5.75 Å². The molecule has 1 atom stereocenters. The van der Waals surface area contributed by atoms with Crippen LogP contribution in [0.15, 0.2) is 54.6 Å². The molecule has 2 aromatic rings. The van der Waals surface area contributed by atoms with Crippen molar-refractivity contribution in [2.75, 3.05) is 7.11 Å². The Kier molecular flexibility index (Phi) is 3.84. The highest BCUT2D eigenvalue weighted by Gasteiger charge is 2.31. The molecule has 0 aliphatic carbocycles. The van der Waals surface area contributed by atoms with Crippen molar-refractivity contribution < 1.29 is 9.84 Å². The zero-order valence-corrected chi connectivity index (χ0v) is 10.7. The molecule has 0 radical (unpaired) electrons. The molecule has 0 spiro atoms. The van der Waals surface area contributed by atoms with E-state index in [4.69, 9.17) is 10.00 Å². The number of aliphatic hydroxyl groups is 1. The summed E-state index contributed by atoms with van der Waals surface area (Å²) < 4.78 is 5.10. The zero-order chi connectivity index (χ0) is 13.7. The normalized spacial score (nSPS) is 13.3. The van der Waals surface area contributed by atoms with Crippen LogP contribution < -0.4 is 4.74 Å². The third-order valence-corrected chi connectivity index (χ3v) is 3.15. The molecule has 0 aromatic heterocycles. The molecule has 0 aliphatic rings. The van der Waals surface area contributed by atoms with Crippen LogP contribution in [-0.2, 0) is 5.60 Å². The molecule has 0 aliphatic heterocycles. The molecule has 96 valence electrons. The third-order valence-electron chi connectivity index (χ3n) is 3.15. The van der Waals surface area contributed by atoms with Gasteiger partial charge in [0.1, 0.15) is 11.4 Å². The lowest BCUT2D eigenvalue weighted by atomic mass is 9.84. The lowest BCUT2D eigenvalue weighted by Crippen LogP contribution is -2.26. The van der Waals surface area contributed by atoms with Gasteiger partial charge >= 0.3 is 0 Å². The highest BCUT2D eigenvalue weighted by molar-refractivity contribution is 5.39. The minimum atomic E-state index is -1.29. The van der Waals surface area contributed by atoms with Crippen LogP contribution in [-0.4, -0.2) is 12.2 Å². The molecule has 19 heavy (non-hydrogen) atoms. The second-order valence-corrected chi connectivity index (χ2v) is 4.29. The number of nitrogens with zero attached hydrogens (tertiary/aromatic N) is 1. The number of hydrogen-bond donors (Lipinski definition) is 1. The first-order valence-corrected chi connectivity index (χ1v) is 6.00. The van der Waals surface area contributed by atoms with Gasteiger partial charge in [0.2, 0.25) is 0 Å². The van der Waals surface area contributed by atoms with Crippen LogP contribution in [0.5, 0.6) is 5.75 Å². The first kappa shape index (κ1) is 13.1. The molecule has 0 unspecified atom stereocenters. The first-order valence-electron chi connectivity index (χ1n) is 6.00. The van der Waals surface area contributed by atoms with Crippen molar-refractivity contribution in [2.24, 2.45) is 0 Å². The van der Waals surface area contributed by atoms with Crippen LogP contribution in [0.3, 0.4) is 0 Å². The van der Waals surface area contributed by atoms with Gasteiger partial charge < -0.3 is 9.84 Å². The molecule has 3 heteroatoms. The van der Waals surface area contributed by atoms with Crippen molar-refractivity contribution in [3.8, 4) is 11.8 Å². The molecular formula is C16H15NO2. The van der Waals surface area contributed by atoms with E-state index in [0.29, 0.717) is 11.1 Å². The quantitative estimate of drug-likeness (QED) is 0.911. The van der Waals surface area contributed by atoms with E-state index in [1.54, 1.807) is 31.4 Å². The molecule has 0 saturated heterocycles. The maximum atomic E-state index is 10.9. The van der Waals surface area contributed by atoms with Crippen LogP contribution in [0.1, 0.15) is 17.5 Å². The largest absolute Gasteiger partial charge is 0.497 e. The van der Waals surface area contributed by atoms with Crippen LogP contribution in [0.2, 0.25) is 0 Å². The minimum absolute atomic E-state index is 0.00332. The summed E-state index contributed by atoms with van der Waals surface area (Å²) in [6.07, 6.45) is 0.00332. The number of ether oxygens (including phenoxy) is 1. The SMILES string of the molecule is COc1ccc([C@@](O)(CC#N)c2ccccc2)cc1. The summed E-state index contributed by atoms with van der Waals surface area (Å²) in [5.41, 5.74) is 0.102. The zero-order valence-electron chi connectivity index (χ0n) is 10.7. The van der Waals surface area contributed by atoms with E-state index in [1.807, 2.05) is 30.3 Å². The number of rotatable bonds is 4. The first-order chi connectivity index (χ1) is 9.20. The van der Waals surface area contributed by atoms with Crippen molar-refractivity contribution in [1.29, 1.82) is 5.26 Å². The molecule has 0 saturated carbocycles. The summed E-state index contributed by atoms with van der Waals surface area (Å²) in [6.45, 7) is 0. The van der Waals surface area contributed by atoms with Gasteiger partial charge in [-0.2, -0.15) is 5.26 Å². The molecule has 2 aromatic carbocycles. The molecule has 2 rings (SSSR count). The van der Waals surface area contributed by atoms with Gasteiger partial charge in [-0.25, -0.2) is 0 Å². The molecule has 0 amide bonds. The van der Waals surface area contributed by atoms with E-state index in [9.17, 15) is 5.11 Å². The van der Waals surface area contributed by atoms with Gasteiger partial charge in [-0.3, -0.25) is 0 Å². The van der Waals surface area contributed by atoms with Gasteiger partial charge in [0.05, 0.1) is 19.6 Å². The Hall–Kier alpha value is -2.31. The number of hydrogen-bond acceptors (Lipinski definition) is 3. The molecule has 1 N–H and O–H groups in total. The minimum Gasteiger partial charge on any atom is -0.497 e. The predicted octanol–water partition coefficient (Wildman–Crippen LogP) is 2.84. The van der Waals surface area contributed by atoms with E-state index in [-0.39, 0.29) is 6.42 Å². The van der Waals surface area contributed by atoms with Crippen molar-refractivity contribution in [2.45, 2.75) is 12.0 Å². The molecule has 0 heterocycles. The van der Waals surface area contributed by atoms with Gasteiger partial charge in [0.15, 0.2) is 0 Å². The Bertz CT molecular complexity index is 572. The smallest absolute Gasteiger partial charge is 0.128 e. The average molecular weight is 253 g/mol. The molecule has 0 fully saturated rings. The van der Waals surface area contributed by atoms with Gasteiger partial charge in [-0.15, -0.1) is 0 Å². The Balaban J connectivity index is 2.47. The van der Waals surface area contributed by atoms with Crippen molar-refractivity contribution >= 4 is 0 Å². The average Bonchev–Trinajstić information content (AvgIpc) is 2.48. The number of benzene rings is 2. The standard InChI is InChI=1S/C16H15NO2/c1-19-15-9-7-14(8-10-15)16(18,11-12-17)13-5-3-2-4-6-13/h2-10,18H,11H2,1H3/t16-/m1/s1. The third kappa shape index (κ3) is 2.59. The number of nitriles is 1.